The fraction of sp³-hybridized carbons (Fsp3) is 0.167. The van der Waals surface area contributed by atoms with Gasteiger partial charge in [-0.25, -0.2) is 0 Å². The first-order valence-corrected chi connectivity index (χ1v) is 9.64. The van der Waals surface area contributed by atoms with E-state index >= 15 is 0 Å². The standard InChI is InChI=1S/C24H22FN3O/c25-13-4-16-28-17-23(20-11-14-26-15-12-20)24(27-28)21-7-9-22(10-8-21)29-18-19-5-2-1-3-6-19/h1-3,5-12,14-15,17H,4,13,16,18H2. The summed E-state index contributed by atoms with van der Waals surface area (Å²) in [6, 6.07) is 21.9. The summed E-state index contributed by atoms with van der Waals surface area (Å²) >= 11 is 0. The maximum absolute atomic E-state index is 12.6. The van der Waals surface area contributed by atoms with Gasteiger partial charge in [-0.3, -0.25) is 14.1 Å². The van der Waals surface area contributed by atoms with E-state index in [0.29, 0.717) is 19.6 Å². The molecular formula is C24H22FN3O. The fourth-order valence-corrected chi connectivity index (χ4v) is 3.16. The zero-order chi connectivity index (χ0) is 19.9. The van der Waals surface area contributed by atoms with Crippen molar-refractivity contribution in [1.82, 2.24) is 14.8 Å². The van der Waals surface area contributed by atoms with E-state index in [-0.39, 0.29) is 6.67 Å². The predicted octanol–water partition coefficient (Wildman–Crippen LogP) is 5.55. The molecule has 0 radical (unpaired) electrons. The van der Waals surface area contributed by atoms with Crippen molar-refractivity contribution >= 4 is 0 Å². The van der Waals surface area contributed by atoms with Crippen molar-refractivity contribution in [2.45, 2.75) is 19.6 Å². The minimum atomic E-state index is -0.354. The summed E-state index contributed by atoms with van der Waals surface area (Å²) in [6.07, 6.45) is 5.94. The van der Waals surface area contributed by atoms with Crippen LogP contribution in [0.4, 0.5) is 4.39 Å². The molecular weight excluding hydrogens is 365 g/mol. The van der Waals surface area contributed by atoms with Crippen LogP contribution < -0.4 is 4.74 Å². The van der Waals surface area contributed by atoms with Crippen LogP contribution in [0, 0.1) is 0 Å². The van der Waals surface area contributed by atoms with E-state index in [1.54, 1.807) is 12.4 Å². The van der Waals surface area contributed by atoms with E-state index in [2.05, 4.69) is 4.98 Å². The highest BCUT2D eigenvalue weighted by Gasteiger charge is 2.13. The zero-order valence-electron chi connectivity index (χ0n) is 16.0. The molecule has 0 N–H and O–H groups in total. The Morgan fingerprint density at radius 3 is 2.34 bits per heavy atom. The lowest BCUT2D eigenvalue weighted by Gasteiger charge is -2.07. The first-order valence-electron chi connectivity index (χ1n) is 9.64. The molecule has 0 saturated carbocycles. The van der Waals surface area contributed by atoms with Crippen LogP contribution in [-0.2, 0) is 13.2 Å². The largest absolute Gasteiger partial charge is 0.489 e. The molecule has 0 amide bonds. The third kappa shape index (κ3) is 4.69. The second-order valence-electron chi connectivity index (χ2n) is 6.73. The average molecular weight is 387 g/mol. The lowest BCUT2D eigenvalue weighted by molar-refractivity contribution is 0.306. The Labute approximate surface area is 169 Å². The first-order chi connectivity index (χ1) is 14.3. The van der Waals surface area contributed by atoms with E-state index in [9.17, 15) is 4.39 Å². The average Bonchev–Trinajstić information content (AvgIpc) is 3.22. The van der Waals surface area contributed by atoms with Crippen molar-refractivity contribution < 1.29 is 9.13 Å². The van der Waals surface area contributed by atoms with E-state index in [1.807, 2.05) is 77.6 Å². The Hall–Kier alpha value is -3.47. The number of aromatic nitrogens is 3. The molecule has 0 aliphatic rings. The molecule has 0 saturated heterocycles. The highest BCUT2D eigenvalue weighted by molar-refractivity contribution is 5.80. The van der Waals surface area contributed by atoms with Crippen molar-refractivity contribution in [2.75, 3.05) is 6.67 Å². The van der Waals surface area contributed by atoms with Crippen molar-refractivity contribution in [3.63, 3.8) is 0 Å². The summed E-state index contributed by atoms with van der Waals surface area (Å²) in [6.45, 7) is 0.723. The molecule has 0 unspecified atom stereocenters. The number of ether oxygens (including phenoxy) is 1. The quantitative estimate of drug-likeness (QED) is 0.398. The van der Waals surface area contributed by atoms with E-state index in [1.165, 1.54) is 0 Å². The summed E-state index contributed by atoms with van der Waals surface area (Å²) in [5.41, 5.74) is 5.02. The highest BCUT2D eigenvalue weighted by Crippen LogP contribution is 2.32. The summed E-state index contributed by atoms with van der Waals surface area (Å²) < 4.78 is 20.3. The van der Waals surface area contributed by atoms with Gasteiger partial charge in [0.05, 0.1) is 6.67 Å². The fourth-order valence-electron chi connectivity index (χ4n) is 3.16. The molecule has 0 aliphatic carbocycles. The Bertz CT molecular complexity index is 1030. The third-order valence-corrected chi connectivity index (χ3v) is 4.65. The zero-order valence-corrected chi connectivity index (χ0v) is 16.0. The van der Waals surface area contributed by atoms with Crippen molar-refractivity contribution in [1.29, 1.82) is 0 Å². The molecule has 29 heavy (non-hydrogen) atoms. The van der Waals surface area contributed by atoms with Gasteiger partial charge in [0, 0.05) is 36.3 Å². The van der Waals surface area contributed by atoms with Crippen molar-refractivity contribution in [3.8, 4) is 28.1 Å². The number of nitrogens with zero attached hydrogens (tertiary/aromatic N) is 3. The second-order valence-corrected chi connectivity index (χ2v) is 6.73. The van der Waals surface area contributed by atoms with Crippen molar-refractivity contribution in [2.24, 2.45) is 0 Å². The van der Waals surface area contributed by atoms with Gasteiger partial charge in [0.2, 0.25) is 0 Å². The van der Waals surface area contributed by atoms with Gasteiger partial charge in [0.1, 0.15) is 18.1 Å². The summed E-state index contributed by atoms with van der Waals surface area (Å²) in [5.74, 6) is 0.805. The summed E-state index contributed by atoms with van der Waals surface area (Å²) in [4.78, 5) is 4.09. The van der Waals surface area contributed by atoms with Crippen LogP contribution in [0.5, 0.6) is 5.75 Å². The minimum absolute atomic E-state index is 0.354. The number of hydrogen-bond donors (Lipinski definition) is 0. The number of alkyl halides is 1. The molecule has 2 aromatic heterocycles. The SMILES string of the molecule is FCCCn1cc(-c2ccncc2)c(-c2ccc(OCc3ccccc3)cc2)n1. The molecule has 0 aliphatic heterocycles. The molecule has 0 bridgehead atoms. The molecule has 146 valence electrons. The van der Waals surface area contributed by atoms with Gasteiger partial charge in [-0.1, -0.05) is 30.3 Å². The van der Waals surface area contributed by atoms with E-state index in [4.69, 9.17) is 9.84 Å². The lowest BCUT2D eigenvalue weighted by Crippen LogP contribution is -1.99. The van der Waals surface area contributed by atoms with E-state index in [0.717, 1.165) is 33.7 Å². The van der Waals surface area contributed by atoms with E-state index < -0.39 is 0 Å². The monoisotopic (exact) mass is 387 g/mol. The number of benzene rings is 2. The maximum Gasteiger partial charge on any atom is 0.119 e. The van der Waals surface area contributed by atoms with Gasteiger partial charge in [-0.15, -0.1) is 0 Å². The molecule has 2 aromatic carbocycles. The van der Waals surface area contributed by atoms with Crippen molar-refractivity contribution in [3.05, 3.63) is 90.9 Å². The molecule has 2 heterocycles. The van der Waals surface area contributed by atoms with Gasteiger partial charge < -0.3 is 4.74 Å². The van der Waals surface area contributed by atoms with Gasteiger partial charge in [-0.05, 0) is 53.9 Å². The van der Waals surface area contributed by atoms with Crippen LogP contribution in [0.3, 0.4) is 0 Å². The Kier molecular flexibility index (Phi) is 5.95. The summed E-state index contributed by atoms with van der Waals surface area (Å²) in [5, 5.41) is 4.71. The highest BCUT2D eigenvalue weighted by atomic mass is 19.1. The normalized spacial score (nSPS) is 10.8. The summed E-state index contributed by atoms with van der Waals surface area (Å²) in [7, 11) is 0. The number of aryl methyl sites for hydroxylation is 1. The molecule has 0 spiro atoms. The number of rotatable bonds is 8. The van der Waals surface area contributed by atoms with Crippen LogP contribution in [0.2, 0.25) is 0 Å². The molecule has 0 fully saturated rings. The smallest absolute Gasteiger partial charge is 0.119 e. The van der Waals surface area contributed by atoms with Crippen LogP contribution in [0.25, 0.3) is 22.4 Å². The first kappa shape index (κ1) is 18.9. The number of halogens is 1. The molecule has 0 atom stereocenters. The topological polar surface area (TPSA) is 39.9 Å². The Morgan fingerprint density at radius 2 is 1.62 bits per heavy atom. The van der Waals surface area contributed by atoms with Crippen LogP contribution in [0.15, 0.2) is 85.3 Å². The maximum atomic E-state index is 12.6. The molecule has 4 rings (SSSR count). The van der Waals surface area contributed by atoms with Gasteiger partial charge in [0.25, 0.3) is 0 Å². The third-order valence-electron chi connectivity index (χ3n) is 4.65. The molecule has 4 aromatic rings. The van der Waals surface area contributed by atoms with Gasteiger partial charge >= 0.3 is 0 Å². The Morgan fingerprint density at radius 1 is 0.862 bits per heavy atom. The minimum Gasteiger partial charge on any atom is -0.489 e. The Balaban J connectivity index is 1.57. The van der Waals surface area contributed by atoms with Crippen LogP contribution in [0.1, 0.15) is 12.0 Å². The molecule has 5 heteroatoms. The van der Waals surface area contributed by atoms with Crippen LogP contribution in [-0.4, -0.2) is 21.4 Å². The lowest BCUT2D eigenvalue weighted by atomic mass is 10.0. The van der Waals surface area contributed by atoms with Crippen LogP contribution >= 0.6 is 0 Å². The van der Waals surface area contributed by atoms with Gasteiger partial charge in [0.15, 0.2) is 0 Å². The predicted molar refractivity (Wildman–Crippen MR) is 112 cm³/mol. The number of hydrogen-bond acceptors (Lipinski definition) is 3. The second kappa shape index (κ2) is 9.15. The van der Waals surface area contributed by atoms with Gasteiger partial charge in [-0.2, -0.15) is 5.10 Å². The molecule has 4 nitrogen and oxygen atoms in total. The number of pyridine rings is 1.